The van der Waals surface area contributed by atoms with Crippen LogP contribution >= 0.6 is 0 Å². The van der Waals surface area contributed by atoms with Gasteiger partial charge in [0.05, 0.1) is 11.4 Å². The molecule has 0 aliphatic carbocycles. The topological polar surface area (TPSA) is 113 Å². The molecular weight excluding hydrogens is 420 g/mol. The SMILES string of the molecule is Cc1cc(NC(=O)CN(C)C(=O)c2cccc(S(=O)(=O)N3CC(C)CC(C)C3)c2)no1. The first-order chi connectivity index (χ1) is 14.6. The molecule has 1 aliphatic rings. The Balaban J connectivity index is 1.71. The highest BCUT2D eigenvalue weighted by Gasteiger charge is 2.32. The summed E-state index contributed by atoms with van der Waals surface area (Å²) in [5, 5.41) is 6.22. The molecule has 1 saturated heterocycles. The van der Waals surface area contributed by atoms with E-state index in [0.717, 1.165) is 6.42 Å². The van der Waals surface area contributed by atoms with E-state index >= 15 is 0 Å². The van der Waals surface area contributed by atoms with Crippen LogP contribution in [0.5, 0.6) is 0 Å². The molecule has 3 rings (SSSR count). The van der Waals surface area contributed by atoms with Crippen LogP contribution < -0.4 is 5.32 Å². The molecule has 2 amide bonds. The van der Waals surface area contributed by atoms with Gasteiger partial charge in [-0.05, 0) is 43.4 Å². The molecule has 9 nitrogen and oxygen atoms in total. The summed E-state index contributed by atoms with van der Waals surface area (Å²) in [5.41, 5.74) is 0.201. The van der Waals surface area contributed by atoms with Crippen molar-refractivity contribution in [1.82, 2.24) is 14.4 Å². The van der Waals surface area contributed by atoms with Crippen LogP contribution in [-0.4, -0.2) is 61.3 Å². The Morgan fingerprint density at radius 1 is 1.23 bits per heavy atom. The molecule has 31 heavy (non-hydrogen) atoms. The van der Waals surface area contributed by atoms with Crippen molar-refractivity contribution in [2.75, 3.05) is 32.0 Å². The molecule has 2 atom stereocenters. The molecule has 10 heteroatoms. The molecule has 0 bridgehead atoms. The highest BCUT2D eigenvalue weighted by molar-refractivity contribution is 7.89. The smallest absolute Gasteiger partial charge is 0.254 e. The first kappa shape index (κ1) is 23.0. The number of hydrogen-bond acceptors (Lipinski definition) is 6. The third-order valence-electron chi connectivity index (χ3n) is 5.18. The predicted molar refractivity (Wildman–Crippen MR) is 115 cm³/mol. The van der Waals surface area contributed by atoms with E-state index in [-0.39, 0.29) is 34.7 Å². The summed E-state index contributed by atoms with van der Waals surface area (Å²) in [7, 11) is -2.23. The number of likely N-dealkylation sites (N-methyl/N-ethyl adjacent to an activating group) is 1. The number of piperidine rings is 1. The van der Waals surface area contributed by atoms with Gasteiger partial charge in [-0.3, -0.25) is 9.59 Å². The summed E-state index contributed by atoms with van der Waals surface area (Å²) >= 11 is 0. The van der Waals surface area contributed by atoms with Crippen molar-refractivity contribution in [1.29, 1.82) is 0 Å². The minimum atomic E-state index is -3.71. The van der Waals surface area contributed by atoms with Crippen molar-refractivity contribution < 1.29 is 22.5 Å². The molecule has 2 unspecified atom stereocenters. The number of benzene rings is 1. The minimum absolute atomic E-state index is 0.0792. The van der Waals surface area contributed by atoms with Crippen molar-refractivity contribution in [2.24, 2.45) is 11.8 Å². The Kier molecular flexibility index (Phi) is 6.80. The van der Waals surface area contributed by atoms with E-state index in [9.17, 15) is 18.0 Å². The lowest BCUT2D eigenvalue weighted by Gasteiger charge is -2.34. The van der Waals surface area contributed by atoms with Gasteiger partial charge in [-0.25, -0.2) is 8.42 Å². The molecule has 2 heterocycles. The van der Waals surface area contributed by atoms with E-state index in [1.165, 1.54) is 34.5 Å². The van der Waals surface area contributed by atoms with Crippen LogP contribution in [0.4, 0.5) is 5.82 Å². The third-order valence-corrected chi connectivity index (χ3v) is 7.00. The average molecular weight is 449 g/mol. The number of amides is 2. The second kappa shape index (κ2) is 9.19. The lowest BCUT2D eigenvalue weighted by Crippen LogP contribution is -2.42. The van der Waals surface area contributed by atoms with Crippen molar-refractivity contribution in [2.45, 2.75) is 32.1 Å². The number of anilines is 1. The number of carbonyl (C=O) groups excluding carboxylic acids is 2. The van der Waals surface area contributed by atoms with Gasteiger partial charge in [0.15, 0.2) is 5.82 Å². The monoisotopic (exact) mass is 448 g/mol. The maximum Gasteiger partial charge on any atom is 0.254 e. The second-order valence-corrected chi connectivity index (χ2v) is 10.3. The summed E-state index contributed by atoms with van der Waals surface area (Å²) in [5.74, 6) is 0.479. The Morgan fingerprint density at radius 3 is 2.52 bits per heavy atom. The number of nitrogens with one attached hydrogen (secondary N) is 1. The van der Waals surface area contributed by atoms with Crippen LogP contribution in [0.2, 0.25) is 0 Å². The number of aromatic nitrogens is 1. The van der Waals surface area contributed by atoms with Gasteiger partial charge in [0.25, 0.3) is 5.91 Å². The van der Waals surface area contributed by atoms with Crippen molar-refractivity contribution in [3.63, 3.8) is 0 Å². The Labute approximate surface area is 182 Å². The minimum Gasteiger partial charge on any atom is -0.360 e. The molecule has 1 aromatic carbocycles. The molecule has 1 aromatic heterocycles. The van der Waals surface area contributed by atoms with Gasteiger partial charge in [-0.2, -0.15) is 4.31 Å². The summed E-state index contributed by atoms with van der Waals surface area (Å²) in [6.45, 7) is 6.49. The highest BCUT2D eigenvalue weighted by Crippen LogP contribution is 2.27. The van der Waals surface area contributed by atoms with E-state index in [2.05, 4.69) is 10.5 Å². The van der Waals surface area contributed by atoms with Gasteiger partial charge in [0, 0.05) is 31.8 Å². The highest BCUT2D eigenvalue weighted by atomic mass is 32.2. The summed E-state index contributed by atoms with van der Waals surface area (Å²) in [6.07, 6.45) is 0.991. The Bertz CT molecular complexity index is 1060. The molecule has 0 radical (unpaired) electrons. The molecular formula is C21H28N4O5S. The van der Waals surface area contributed by atoms with Crippen LogP contribution in [0.15, 0.2) is 39.8 Å². The van der Waals surface area contributed by atoms with Gasteiger partial charge >= 0.3 is 0 Å². The fraction of sp³-hybridized carbons (Fsp3) is 0.476. The van der Waals surface area contributed by atoms with Gasteiger partial charge in [-0.15, -0.1) is 0 Å². The van der Waals surface area contributed by atoms with E-state index in [1.54, 1.807) is 19.1 Å². The number of sulfonamides is 1. The fourth-order valence-corrected chi connectivity index (χ4v) is 5.58. The van der Waals surface area contributed by atoms with E-state index in [1.807, 2.05) is 13.8 Å². The van der Waals surface area contributed by atoms with E-state index in [0.29, 0.717) is 18.8 Å². The van der Waals surface area contributed by atoms with Crippen LogP contribution in [-0.2, 0) is 14.8 Å². The van der Waals surface area contributed by atoms with Gasteiger partial charge in [-0.1, -0.05) is 25.1 Å². The zero-order valence-corrected chi connectivity index (χ0v) is 19.0. The van der Waals surface area contributed by atoms with Crippen LogP contribution in [0.1, 0.15) is 36.4 Å². The number of carbonyl (C=O) groups is 2. The Morgan fingerprint density at radius 2 is 1.90 bits per heavy atom. The van der Waals surface area contributed by atoms with Crippen molar-refractivity contribution >= 4 is 27.7 Å². The molecule has 1 aliphatic heterocycles. The molecule has 168 valence electrons. The zero-order valence-electron chi connectivity index (χ0n) is 18.2. The maximum absolute atomic E-state index is 13.1. The normalized spacial score (nSPS) is 19.7. The molecule has 0 spiro atoms. The largest absolute Gasteiger partial charge is 0.360 e. The summed E-state index contributed by atoms with van der Waals surface area (Å²) in [6, 6.07) is 7.52. The van der Waals surface area contributed by atoms with Crippen LogP contribution in [0.25, 0.3) is 0 Å². The lowest BCUT2D eigenvalue weighted by molar-refractivity contribution is -0.116. The van der Waals surface area contributed by atoms with E-state index in [4.69, 9.17) is 4.52 Å². The number of rotatable bonds is 6. The van der Waals surface area contributed by atoms with Crippen molar-refractivity contribution in [3.05, 3.63) is 41.7 Å². The van der Waals surface area contributed by atoms with E-state index < -0.39 is 21.8 Å². The lowest BCUT2D eigenvalue weighted by atomic mass is 9.94. The first-order valence-electron chi connectivity index (χ1n) is 10.1. The molecule has 1 fully saturated rings. The number of aryl methyl sites for hydroxylation is 1. The van der Waals surface area contributed by atoms with Gasteiger partial charge < -0.3 is 14.7 Å². The summed E-state index contributed by atoms with van der Waals surface area (Å²) in [4.78, 5) is 26.3. The molecule has 0 saturated carbocycles. The van der Waals surface area contributed by atoms with Gasteiger partial charge in [0.2, 0.25) is 15.9 Å². The third kappa shape index (κ3) is 5.50. The first-order valence-corrected chi connectivity index (χ1v) is 11.6. The van der Waals surface area contributed by atoms with Crippen molar-refractivity contribution in [3.8, 4) is 0 Å². The van der Waals surface area contributed by atoms with Crippen LogP contribution in [0, 0.1) is 18.8 Å². The summed E-state index contributed by atoms with van der Waals surface area (Å²) < 4.78 is 32.6. The average Bonchev–Trinajstić information content (AvgIpc) is 3.11. The number of nitrogens with zero attached hydrogens (tertiary/aromatic N) is 3. The standard InChI is InChI=1S/C21H28N4O5S/c1-14-8-15(2)12-25(11-14)31(28,29)18-7-5-6-17(10-18)21(27)24(4)13-20(26)22-19-9-16(3)30-23-19/h5-7,9-10,14-15H,8,11-13H2,1-4H3,(H,22,23,26). The fourth-order valence-electron chi connectivity index (χ4n) is 3.86. The quantitative estimate of drug-likeness (QED) is 0.726. The van der Waals surface area contributed by atoms with Crippen LogP contribution in [0.3, 0.4) is 0 Å². The Hall–Kier alpha value is -2.72. The maximum atomic E-state index is 13.1. The molecule has 2 aromatic rings. The number of hydrogen-bond donors (Lipinski definition) is 1. The zero-order chi connectivity index (χ0) is 22.8. The predicted octanol–water partition coefficient (Wildman–Crippen LogP) is 2.36. The molecule has 1 N–H and O–H groups in total. The second-order valence-electron chi connectivity index (χ2n) is 8.33. The van der Waals surface area contributed by atoms with Gasteiger partial charge in [0.1, 0.15) is 5.76 Å².